The maximum absolute atomic E-state index is 12.5. The molecule has 146 valence electrons. The summed E-state index contributed by atoms with van der Waals surface area (Å²) in [7, 11) is -3.79. The van der Waals surface area contributed by atoms with Crippen molar-refractivity contribution in [2.45, 2.75) is 11.8 Å². The number of phenols is 1. The molecule has 29 heavy (non-hydrogen) atoms. The summed E-state index contributed by atoms with van der Waals surface area (Å²) in [6.07, 6.45) is 1.52. The molecule has 1 heterocycles. The smallest absolute Gasteiger partial charge is 0.339 e. The highest BCUT2D eigenvalue weighted by molar-refractivity contribution is 7.92. The van der Waals surface area contributed by atoms with Gasteiger partial charge in [-0.05, 0) is 67.1 Å². The van der Waals surface area contributed by atoms with Crippen LogP contribution in [0.15, 0.2) is 65.7 Å². The van der Waals surface area contributed by atoms with Crippen LogP contribution in [0.4, 0.5) is 5.82 Å². The highest BCUT2D eigenvalue weighted by atomic mass is 32.2. The van der Waals surface area contributed by atoms with Gasteiger partial charge < -0.3 is 10.2 Å². The molecule has 0 atom stereocenters. The summed E-state index contributed by atoms with van der Waals surface area (Å²) in [5.74, 6) is 4.26. The van der Waals surface area contributed by atoms with Gasteiger partial charge in [-0.3, -0.25) is 4.72 Å². The second-order valence-corrected chi connectivity index (χ2v) is 7.82. The van der Waals surface area contributed by atoms with Crippen LogP contribution in [-0.2, 0) is 10.0 Å². The van der Waals surface area contributed by atoms with Gasteiger partial charge in [-0.2, -0.15) is 0 Å². The van der Waals surface area contributed by atoms with E-state index in [9.17, 15) is 18.3 Å². The van der Waals surface area contributed by atoms with Crippen molar-refractivity contribution in [3.05, 3.63) is 83.0 Å². The van der Waals surface area contributed by atoms with E-state index in [2.05, 4.69) is 21.5 Å². The maximum atomic E-state index is 12.5. The second kappa shape index (κ2) is 8.04. The number of sulfonamides is 1. The van der Waals surface area contributed by atoms with Gasteiger partial charge in [0, 0.05) is 17.3 Å². The molecule has 7 nitrogen and oxygen atoms in total. The van der Waals surface area contributed by atoms with Crippen molar-refractivity contribution in [2.75, 3.05) is 4.72 Å². The van der Waals surface area contributed by atoms with E-state index in [1.807, 2.05) is 6.92 Å². The molecule has 8 heteroatoms. The van der Waals surface area contributed by atoms with Crippen LogP contribution in [-0.4, -0.2) is 29.6 Å². The first-order chi connectivity index (χ1) is 13.7. The number of aromatic hydroxyl groups is 1. The van der Waals surface area contributed by atoms with Gasteiger partial charge in [0.05, 0.1) is 4.90 Å². The number of aryl methyl sites for hydroxylation is 1. The van der Waals surface area contributed by atoms with Crippen molar-refractivity contribution in [1.29, 1.82) is 0 Å². The molecule has 3 aromatic rings. The number of carbonyl (C=O) groups is 1. The standard InChI is InChI=1S/C21H16N2O5S/c1-14-10-11-22-20(12-14)23-29(27,28)17-7-4-15(5-8-17)2-3-16-6-9-19(24)18(13-16)21(25)26/h4-13,24H,1H3,(H,22,23)(H,25,26). The lowest BCUT2D eigenvalue weighted by molar-refractivity contribution is 0.0693. The number of nitrogens with one attached hydrogen (secondary N) is 1. The fraction of sp³-hybridized carbons (Fsp3) is 0.0476. The van der Waals surface area contributed by atoms with Gasteiger partial charge in [0.15, 0.2) is 0 Å². The summed E-state index contributed by atoms with van der Waals surface area (Å²) in [6, 6.07) is 13.3. The molecular weight excluding hydrogens is 392 g/mol. The Kier molecular flexibility index (Phi) is 5.52. The number of rotatable bonds is 4. The number of hydrogen-bond donors (Lipinski definition) is 3. The summed E-state index contributed by atoms with van der Waals surface area (Å²) in [4.78, 5) is 15.1. The number of carboxylic acid groups (broad SMARTS) is 1. The molecule has 0 saturated carbocycles. The van der Waals surface area contributed by atoms with E-state index in [0.717, 1.165) is 5.56 Å². The zero-order valence-electron chi connectivity index (χ0n) is 15.2. The van der Waals surface area contributed by atoms with Gasteiger partial charge in [-0.1, -0.05) is 11.8 Å². The summed E-state index contributed by atoms with van der Waals surface area (Å²) >= 11 is 0. The number of aromatic carboxylic acids is 1. The van der Waals surface area contributed by atoms with Crippen LogP contribution in [0.3, 0.4) is 0 Å². The summed E-state index contributed by atoms with van der Waals surface area (Å²) < 4.78 is 27.4. The number of pyridine rings is 1. The van der Waals surface area contributed by atoms with Gasteiger partial charge in [0.2, 0.25) is 0 Å². The van der Waals surface area contributed by atoms with Crippen LogP contribution < -0.4 is 4.72 Å². The Balaban J connectivity index is 1.80. The molecule has 0 aliphatic heterocycles. The molecule has 0 spiro atoms. The van der Waals surface area contributed by atoms with Crippen LogP contribution >= 0.6 is 0 Å². The minimum Gasteiger partial charge on any atom is -0.507 e. The second-order valence-electron chi connectivity index (χ2n) is 6.14. The van der Waals surface area contributed by atoms with Crippen molar-refractivity contribution in [3.8, 4) is 17.6 Å². The Morgan fingerprint density at radius 1 is 1.00 bits per heavy atom. The van der Waals surface area contributed by atoms with Gasteiger partial charge in [0.25, 0.3) is 10.0 Å². The Labute approximate surface area is 167 Å². The minimum atomic E-state index is -3.79. The lowest BCUT2D eigenvalue weighted by Crippen LogP contribution is -2.13. The van der Waals surface area contributed by atoms with Crippen molar-refractivity contribution >= 4 is 21.8 Å². The molecule has 1 aromatic heterocycles. The van der Waals surface area contributed by atoms with Crippen molar-refractivity contribution < 1.29 is 23.4 Å². The molecule has 0 bridgehead atoms. The SMILES string of the molecule is Cc1ccnc(NS(=O)(=O)c2ccc(C#Cc3ccc(O)c(C(=O)O)c3)cc2)c1. The molecule has 0 unspecified atom stereocenters. The molecule has 3 N–H and O–H groups in total. The molecule has 0 fully saturated rings. The third-order valence-corrected chi connectivity index (χ3v) is 5.27. The molecule has 0 aliphatic rings. The average molecular weight is 408 g/mol. The average Bonchev–Trinajstić information content (AvgIpc) is 2.67. The third-order valence-electron chi connectivity index (χ3n) is 3.90. The monoisotopic (exact) mass is 408 g/mol. The largest absolute Gasteiger partial charge is 0.507 e. The zero-order valence-corrected chi connectivity index (χ0v) is 16.1. The number of carboxylic acids is 1. The molecule has 0 radical (unpaired) electrons. The van der Waals surface area contributed by atoms with Crippen molar-refractivity contribution in [3.63, 3.8) is 0 Å². The van der Waals surface area contributed by atoms with E-state index >= 15 is 0 Å². The lowest BCUT2D eigenvalue weighted by Gasteiger charge is -2.07. The predicted octanol–water partition coefficient (Wildman–Crippen LogP) is 2.99. The summed E-state index contributed by atoms with van der Waals surface area (Å²) in [5, 5.41) is 18.5. The Hall–Kier alpha value is -3.83. The van der Waals surface area contributed by atoms with Gasteiger partial charge >= 0.3 is 5.97 Å². The van der Waals surface area contributed by atoms with Gasteiger partial charge in [-0.15, -0.1) is 0 Å². The first kappa shape index (κ1) is 19.9. The topological polar surface area (TPSA) is 117 Å². The first-order valence-electron chi connectivity index (χ1n) is 8.38. The Morgan fingerprint density at radius 3 is 2.31 bits per heavy atom. The number of nitrogens with zero attached hydrogens (tertiary/aromatic N) is 1. The first-order valence-corrected chi connectivity index (χ1v) is 9.87. The number of anilines is 1. The highest BCUT2D eigenvalue weighted by Crippen LogP contribution is 2.18. The fourth-order valence-corrected chi connectivity index (χ4v) is 3.43. The number of benzene rings is 2. The number of aromatic nitrogens is 1. The summed E-state index contributed by atoms with van der Waals surface area (Å²) in [5.41, 5.74) is 1.59. The fourth-order valence-electron chi connectivity index (χ4n) is 2.44. The minimum absolute atomic E-state index is 0.0594. The maximum Gasteiger partial charge on any atom is 0.339 e. The van der Waals surface area contributed by atoms with Gasteiger partial charge in [0.1, 0.15) is 17.1 Å². The van der Waals surface area contributed by atoms with E-state index in [1.54, 1.807) is 24.3 Å². The number of hydrogen-bond acceptors (Lipinski definition) is 5. The van der Waals surface area contributed by atoms with Crippen LogP contribution in [0, 0.1) is 18.8 Å². The van der Waals surface area contributed by atoms with Crippen molar-refractivity contribution in [2.24, 2.45) is 0 Å². The molecule has 0 amide bonds. The molecule has 0 saturated heterocycles. The van der Waals surface area contributed by atoms with E-state index < -0.39 is 16.0 Å². The normalized spacial score (nSPS) is 10.7. The van der Waals surface area contributed by atoms with E-state index in [-0.39, 0.29) is 22.0 Å². The third kappa shape index (κ3) is 4.91. The van der Waals surface area contributed by atoms with E-state index in [4.69, 9.17) is 5.11 Å². The predicted molar refractivity (Wildman–Crippen MR) is 107 cm³/mol. The zero-order chi connectivity index (χ0) is 21.0. The Bertz CT molecular complexity index is 1240. The van der Waals surface area contributed by atoms with Crippen LogP contribution in [0.2, 0.25) is 0 Å². The lowest BCUT2D eigenvalue weighted by atomic mass is 10.1. The van der Waals surface area contributed by atoms with Gasteiger partial charge in [-0.25, -0.2) is 18.2 Å². The highest BCUT2D eigenvalue weighted by Gasteiger charge is 2.14. The molecular formula is C21H16N2O5S. The van der Waals surface area contributed by atoms with Crippen molar-refractivity contribution in [1.82, 2.24) is 4.98 Å². The molecule has 2 aromatic carbocycles. The van der Waals surface area contributed by atoms with E-state index in [1.165, 1.54) is 36.5 Å². The van der Waals surface area contributed by atoms with Crippen LogP contribution in [0.5, 0.6) is 5.75 Å². The molecule has 3 rings (SSSR count). The van der Waals surface area contributed by atoms with Crippen LogP contribution in [0.1, 0.15) is 27.0 Å². The van der Waals surface area contributed by atoms with E-state index in [0.29, 0.717) is 11.1 Å². The van der Waals surface area contributed by atoms with Crippen LogP contribution in [0.25, 0.3) is 0 Å². The molecule has 0 aliphatic carbocycles. The summed E-state index contributed by atoms with van der Waals surface area (Å²) in [6.45, 7) is 1.83. The quantitative estimate of drug-likeness (QED) is 0.572. The Morgan fingerprint density at radius 2 is 1.66 bits per heavy atom.